The van der Waals surface area contributed by atoms with Gasteiger partial charge in [0.2, 0.25) is 0 Å². The first-order chi connectivity index (χ1) is 1.00. The summed E-state index contributed by atoms with van der Waals surface area (Å²) >= 11 is 0.611. The molecule has 4 heavy (non-hydrogen) atoms. The molecule has 0 aromatic rings. The fraction of sp³-hybridized carbons (Fsp3) is 0. The molecule has 0 aromatic heterocycles. The quantitative estimate of drug-likeness (QED) is 0.458. The summed E-state index contributed by atoms with van der Waals surface area (Å²) in [6, 6.07) is 0. The molecule has 0 aliphatic heterocycles. The maximum absolute atomic E-state index is 8.28. The Kier molecular flexibility index (Phi) is 94.3. The van der Waals surface area contributed by atoms with E-state index in [1.54, 1.807) is 0 Å². The van der Waals surface area contributed by atoms with Gasteiger partial charge >= 0.3 is 20.0 Å². The zero-order valence-corrected chi connectivity index (χ0v) is 6.62. The first-order valence-corrected chi connectivity index (χ1v) is 0.866. The molecule has 0 fully saturated rings. The van der Waals surface area contributed by atoms with E-state index in [-0.39, 0.29) is 43.2 Å². The van der Waals surface area contributed by atoms with E-state index >= 15 is 0 Å². The summed E-state index contributed by atoms with van der Waals surface area (Å²) in [7, 11) is 0. The Labute approximate surface area is 62.7 Å². The van der Waals surface area contributed by atoms with Crippen LogP contribution in [0.3, 0.4) is 0 Å². The van der Waals surface area contributed by atoms with Crippen LogP contribution in [0.5, 0.6) is 0 Å². The van der Waals surface area contributed by atoms with Crippen LogP contribution < -0.4 is 0 Å². The molecule has 0 aliphatic carbocycles. The summed E-state index contributed by atoms with van der Waals surface area (Å²) < 4.78 is 8.28. The van der Waals surface area contributed by atoms with Crippen molar-refractivity contribution in [3.8, 4) is 0 Å². The molecule has 0 aliphatic rings. The van der Waals surface area contributed by atoms with E-state index < -0.39 is 0 Å². The molecule has 0 unspecified atom stereocenters. The second-order valence-electron chi connectivity index (χ2n) is 0. The van der Waals surface area contributed by atoms with Gasteiger partial charge in [-0.1, -0.05) is 0 Å². The summed E-state index contributed by atoms with van der Waals surface area (Å²) in [5.74, 6) is 0. The predicted octanol–water partition coefficient (Wildman–Crippen LogP) is -1.95. The molecular weight excluding hydrogens is 248 g/mol. The molecular formula is H4Al2HfO. The molecule has 0 aromatic carbocycles. The van der Waals surface area contributed by atoms with Crippen molar-refractivity contribution in [2.75, 3.05) is 0 Å². The zero-order chi connectivity index (χ0) is 2.00. The molecule has 0 radical (unpaired) electrons. The molecule has 0 bridgehead atoms. The molecule has 0 heterocycles. The van der Waals surface area contributed by atoms with Crippen molar-refractivity contribution in [1.82, 2.24) is 0 Å². The van der Waals surface area contributed by atoms with Crippen LogP contribution in [0.2, 0.25) is 0 Å². The predicted molar refractivity (Wildman–Crippen MR) is 17.8 cm³/mol. The Balaban J connectivity index is -0.00000000500. The van der Waals surface area contributed by atoms with Gasteiger partial charge in [0.25, 0.3) is 0 Å². The van der Waals surface area contributed by atoms with Crippen molar-refractivity contribution >= 4 is 33.6 Å². The van der Waals surface area contributed by atoms with E-state index in [9.17, 15) is 0 Å². The summed E-state index contributed by atoms with van der Waals surface area (Å²) in [4.78, 5) is 0. The second-order valence-corrected chi connectivity index (χ2v) is 0. The van der Waals surface area contributed by atoms with Gasteiger partial charge in [0.1, 0.15) is 0 Å². The molecule has 1 nitrogen and oxygen atoms in total. The minimum atomic E-state index is 0. The van der Waals surface area contributed by atoms with Crippen molar-refractivity contribution in [3.63, 3.8) is 0 Å². The van der Waals surface area contributed by atoms with E-state index in [1.807, 2.05) is 0 Å². The molecule has 0 rings (SSSR count). The molecule has 0 saturated carbocycles. The normalized spacial score (nSPS) is 0.750. The number of rotatable bonds is 0. The van der Waals surface area contributed by atoms with Gasteiger partial charge < -0.3 is 0 Å². The van der Waals surface area contributed by atoms with Crippen molar-refractivity contribution in [3.05, 3.63) is 0 Å². The first kappa shape index (κ1) is 17.2. The van der Waals surface area contributed by atoms with E-state index in [1.165, 1.54) is 0 Å². The van der Waals surface area contributed by atoms with Crippen LogP contribution in [0.1, 0.15) is 0 Å². The van der Waals surface area contributed by atoms with Crippen LogP contribution in [0.25, 0.3) is 0 Å². The molecule has 4 heteroatoms. The van der Waals surface area contributed by atoms with Crippen LogP contribution in [0.15, 0.2) is 0 Å². The van der Waals surface area contributed by atoms with Gasteiger partial charge in [0.05, 0.1) is 0 Å². The SMILES string of the molecule is [AlH3].[Hf].[O]=[AlH]. The van der Waals surface area contributed by atoms with Gasteiger partial charge in [-0.2, -0.15) is 0 Å². The maximum atomic E-state index is 8.28. The fourth-order valence-electron chi connectivity index (χ4n) is 0. The standard InChI is InChI=1S/2Al.Hf.O.4H. The third-order valence-electron chi connectivity index (χ3n) is 0. The molecule has 0 saturated heterocycles. The average Bonchev–Trinajstić information content (AvgIpc) is 1.00. The van der Waals surface area contributed by atoms with Gasteiger partial charge in [-0.25, -0.2) is 0 Å². The Hall–Kier alpha value is 1.74. The van der Waals surface area contributed by atoms with E-state index in [0.717, 1.165) is 0 Å². The molecule has 0 spiro atoms. The summed E-state index contributed by atoms with van der Waals surface area (Å²) in [6.07, 6.45) is 0. The average molecular weight is 252 g/mol. The topological polar surface area (TPSA) is 17.1 Å². The van der Waals surface area contributed by atoms with Crippen molar-refractivity contribution in [1.29, 1.82) is 0 Å². The van der Waals surface area contributed by atoms with Gasteiger partial charge in [-0.15, -0.1) is 0 Å². The van der Waals surface area contributed by atoms with E-state index in [2.05, 4.69) is 0 Å². The van der Waals surface area contributed by atoms with Crippen molar-refractivity contribution in [2.45, 2.75) is 0 Å². The third kappa shape index (κ3) is 9.28. The molecule has 20 valence electrons. The molecule has 0 atom stereocenters. The zero-order valence-electron chi connectivity index (χ0n) is 1.62. The van der Waals surface area contributed by atoms with Gasteiger partial charge in [0, 0.05) is 25.8 Å². The van der Waals surface area contributed by atoms with Crippen LogP contribution >= 0.6 is 0 Å². The molecule has 0 amide bonds. The Bertz CT molecular complexity index is 6.00. The van der Waals surface area contributed by atoms with Gasteiger partial charge in [0.15, 0.2) is 17.4 Å². The van der Waals surface area contributed by atoms with E-state index in [4.69, 9.17) is 3.80 Å². The van der Waals surface area contributed by atoms with Gasteiger partial charge in [-0.3, -0.25) is 0 Å². The van der Waals surface area contributed by atoms with Crippen LogP contribution in [-0.2, 0) is 29.6 Å². The van der Waals surface area contributed by atoms with Crippen molar-refractivity contribution < 1.29 is 29.6 Å². The molecule has 0 N–H and O–H groups in total. The first-order valence-electron chi connectivity index (χ1n) is 0.289. The summed E-state index contributed by atoms with van der Waals surface area (Å²) in [6.45, 7) is 0. The number of hydrogen-bond acceptors (Lipinski definition) is 1. The van der Waals surface area contributed by atoms with Crippen LogP contribution in [0, 0.1) is 0 Å². The fourth-order valence-corrected chi connectivity index (χ4v) is 0. The minimum absolute atomic E-state index is 0. The second kappa shape index (κ2) is 21.9. The van der Waals surface area contributed by atoms with Crippen LogP contribution in [0.4, 0.5) is 0 Å². The Morgan fingerprint density at radius 1 is 1.25 bits per heavy atom. The summed E-state index contributed by atoms with van der Waals surface area (Å²) in [5, 5.41) is 0. The Morgan fingerprint density at radius 3 is 1.25 bits per heavy atom. The van der Waals surface area contributed by atoms with Gasteiger partial charge in [-0.05, 0) is 0 Å². The monoisotopic (exact) mass is 254 g/mol. The van der Waals surface area contributed by atoms with E-state index in [0.29, 0.717) is 16.2 Å². The summed E-state index contributed by atoms with van der Waals surface area (Å²) in [5.41, 5.74) is 0. The van der Waals surface area contributed by atoms with Crippen molar-refractivity contribution in [2.24, 2.45) is 0 Å². The number of hydrogen-bond donors (Lipinski definition) is 0. The van der Waals surface area contributed by atoms with Crippen LogP contribution in [-0.4, -0.2) is 33.6 Å². The Morgan fingerprint density at radius 2 is 1.25 bits per heavy atom. The third-order valence-corrected chi connectivity index (χ3v) is 0.